The fourth-order valence-electron chi connectivity index (χ4n) is 2.43. The summed E-state index contributed by atoms with van der Waals surface area (Å²) >= 11 is 6.19. The normalized spacial score (nSPS) is 12.7. The lowest BCUT2D eigenvalue weighted by molar-refractivity contribution is 0.206. The molecule has 2 rings (SSSR count). The van der Waals surface area contributed by atoms with Crippen molar-refractivity contribution in [3.63, 3.8) is 0 Å². The standard InChI is InChI=1S/C15H19ClN2O/c1-4-8-18-14(12(16)9-17-18)15(19)13-10(2)6-5-7-11(13)3/h5-7,9,15,19H,4,8H2,1-3H3. The van der Waals surface area contributed by atoms with Crippen molar-refractivity contribution in [2.45, 2.75) is 39.8 Å². The predicted octanol–water partition coefficient (Wildman–Crippen LogP) is 3.65. The molecule has 0 fully saturated rings. The molecule has 102 valence electrons. The molecule has 1 aromatic heterocycles. The van der Waals surface area contributed by atoms with Gasteiger partial charge in [-0.05, 0) is 37.0 Å². The Balaban J connectivity index is 2.50. The van der Waals surface area contributed by atoms with Crippen LogP contribution in [0.1, 0.15) is 41.8 Å². The first-order valence-electron chi connectivity index (χ1n) is 6.51. The van der Waals surface area contributed by atoms with Crippen LogP contribution in [0.25, 0.3) is 0 Å². The number of nitrogens with zero attached hydrogens (tertiary/aromatic N) is 2. The third-order valence-electron chi connectivity index (χ3n) is 3.34. The van der Waals surface area contributed by atoms with E-state index in [1.807, 2.05) is 32.0 Å². The summed E-state index contributed by atoms with van der Waals surface area (Å²) in [5.41, 5.74) is 3.73. The lowest BCUT2D eigenvalue weighted by Crippen LogP contribution is -2.12. The highest BCUT2D eigenvalue weighted by Gasteiger charge is 2.22. The van der Waals surface area contributed by atoms with Gasteiger partial charge in [0.25, 0.3) is 0 Å². The average molecular weight is 279 g/mol. The summed E-state index contributed by atoms with van der Waals surface area (Å²) in [4.78, 5) is 0. The molecule has 1 aromatic carbocycles. The van der Waals surface area contributed by atoms with Crippen LogP contribution in [-0.4, -0.2) is 14.9 Å². The third kappa shape index (κ3) is 2.67. The van der Waals surface area contributed by atoms with Crippen LogP contribution in [0.3, 0.4) is 0 Å². The molecule has 3 nitrogen and oxygen atoms in total. The fraction of sp³-hybridized carbons (Fsp3) is 0.400. The molecular weight excluding hydrogens is 260 g/mol. The maximum atomic E-state index is 10.7. The molecule has 0 aliphatic heterocycles. The van der Waals surface area contributed by atoms with Gasteiger partial charge in [-0.15, -0.1) is 0 Å². The summed E-state index contributed by atoms with van der Waals surface area (Å²) in [6.07, 6.45) is 1.82. The van der Waals surface area contributed by atoms with E-state index in [9.17, 15) is 5.11 Å². The monoisotopic (exact) mass is 278 g/mol. The Morgan fingerprint density at radius 1 is 1.32 bits per heavy atom. The van der Waals surface area contributed by atoms with Crippen molar-refractivity contribution in [2.24, 2.45) is 0 Å². The minimum atomic E-state index is -0.734. The van der Waals surface area contributed by atoms with Gasteiger partial charge in [0.15, 0.2) is 0 Å². The van der Waals surface area contributed by atoms with Crippen molar-refractivity contribution in [1.82, 2.24) is 9.78 Å². The van der Waals surface area contributed by atoms with E-state index in [0.717, 1.165) is 29.7 Å². The number of aromatic nitrogens is 2. The molecular formula is C15H19ClN2O. The van der Waals surface area contributed by atoms with Crippen molar-refractivity contribution in [3.8, 4) is 0 Å². The molecule has 0 saturated carbocycles. The summed E-state index contributed by atoms with van der Waals surface area (Å²) in [7, 11) is 0. The highest BCUT2D eigenvalue weighted by molar-refractivity contribution is 6.31. The van der Waals surface area contributed by atoms with Crippen LogP contribution in [0, 0.1) is 13.8 Å². The number of benzene rings is 1. The largest absolute Gasteiger partial charge is 0.382 e. The molecule has 0 amide bonds. The predicted molar refractivity (Wildman–Crippen MR) is 77.5 cm³/mol. The number of aliphatic hydroxyl groups excluding tert-OH is 1. The molecule has 0 aliphatic rings. The number of aryl methyl sites for hydroxylation is 3. The van der Waals surface area contributed by atoms with Gasteiger partial charge in [0.05, 0.1) is 16.9 Å². The summed E-state index contributed by atoms with van der Waals surface area (Å²) in [5, 5.41) is 15.4. The summed E-state index contributed by atoms with van der Waals surface area (Å²) in [6, 6.07) is 5.99. The van der Waals surface area contributed by atoms with E-state index in [0.29, 0.717) is 10.7 Å². The number of halogens is 1. The first kappa shape index (κ1) is 14.1. The number of rotatable bonds is 4. The molecule has 19 heavy (non-hydrogen) atoms. The van der Waals surface area contributed by atoms with Crippen LogP contribution in [0.5, 0.6) is 0 Å². The molecule has 0 radical (unpaired) electrons. The number of aliphatic hydroxyl groups is 1. The van der Waals surface area contributed by atoms with Crippen molar-refractivity contribution >= 4 is 11.6 Å². The highest BCUT2D eigenvalue weighted by atomic mass is 35.5. The number of hydrogen-bond donors (Lipinski definition) is 1. The zero-order valence-corrected chi connectivity index (χ0v) is 12.3. The Hall–Kier alpha value is -1.32. The fourth-order valence-corrected chi connectivity index (χ4v) is 2.67. The minimum absolute atomic E-state index is 0.517. The molecule has 4 heteroatoms. The SMILES string of the molecule is CCCn1ncc(Cl)c1C(O)c1c(C)cccc1C. The second kappa shape index (κ2) is 5.76. The average Bonchev–Trinajstić information content (AvgIpc) is 2.70. The third-order valence-corrected chi connectivity index (χ3v) is 3.63. The van der Waals surface area contributed by atoms with Gasteiger partial charge in [-0.2, -0.15) is 5.10 Å². The molecule has 0 aliphatic carbocycles. The maximum Gasteiger partial charge on any atom is 0.123 e. The second-order valence-electron chi connectivity index (χ2n) is 4.81. The van der Waals surface area contributed by atoms with Crippen molar-refractivity contribution in [1.29, 1.82) is 0 Å². The van der Waals surface area contributed by atoms with Gasteiger partial charge >= 0.3 is 0 Å². The first-order chi connectivity index (χ1) is 9.06. The zero-order chi connectivity index (χ0) is 14.0. The van der Waals surface area contributed by atoms with Gasteiger partial charge < -0.3 is 5.11 Å². The van der Waals surface area contributed by atoms with Gasteiger partial charge in [0, 0.05) is 6.54 Å². The van der Waals surface area contributed by atoms with Crippen LogP contribution in [0.2, 0.25) is 5.02 Å². The van der Waals surface area contributed by atoms with E-state index in [1.165, 1.54) is 0 Å². The molecule has 2 aromatic rings. The molecule has 1 N–H and O–H groups in total. The van der Waals surface area contributed by atoms with E-state index >= 15 is 0 Å². The Morgan fingerprint density at radius 3 is 2.53 bits per heavy atom. The molecule has 0 bridgehead atoms. The van der Waals surface area contributed by atoms with E-state index in [1.54, 1.807) is 10.9 Å². The van der Waals surface area contributed by atoms with E-state index in [4.69, 9.17) is 11.6 Å². The van der Waals surface area contributed by atoms with E-state index in [2.05, 4.69) is 12.0 Å². The van der Waals surface area contributed by atoms with Gasteiger partial charge in [-0.1, -0.05) is 36.7 Å². The van der Waals surface area contributed by atoms with Gasteiger partial charge in [-0.3, -0.25) is 4.68 Å². The van der Waals surface area contributed by atoms with Gasteiger partial charge in [-0.25, -0.2) is 0 Å². The lowest BCUT2D eigenvalue weighted by Gasteiger charge is -2.18. The zero-order valence-electron chi connectivity index (χ0n) is 11.5. The quantitative estimate of drug-likeness (QED) is 0.927. The number of hydrogen-bond acceptors (Lipinski definition) is 2. The summed E-state index contributed by atoms with van der Waals surface area (Å²) in [5.74, 6) is 0. The minimum Gasteiger partial charge on any atom is -0.382 e. The topological polar surface area (TPSA) is 38.0 Å². The smallest absolute Gasteiger partial charge is 0.123 e. The Labute approximate surface area is 118 Å². The highest BCUT2D eigenvalue weighted by Crippen LogP contribution is 2.31. The molecule has 0 saturated heterocycles. The van der Waals surface area contributed by atoms with Crippen LogP contribution in [0.4, 0.5) is 0 Å². The van der Waals surface area contributed by atoms with E-state index < -0.39 is 6.10 Å². The Bertz CT molecular complexity index is 557. The van der Waals surface area contributed by atoms with Crippen molar-refractivity contribution in [2.75, 3.05) is 0 Å². The molecule has 1 unspecified atom stereocenters. The maximum absolute atomic E-state index is 10.7. The molecule has 1 heterocycles. The first-order valence-corrected chi connectivity index (χ1v) is 6.89. The van der Waals surface area contributed by atoms with Crippen LogP contribution in [0.15, 0.2) is 24.4 Å². The van der Waals surface area contributed by atoms with Crippen LogP contribution in [-0.2, 0) is 6.54 Å². The van der Waals surface area contributed by atoms with Crippen molar-refractivity contribution in [3.05, 3.63) is 51.8 Å². The van der Waals surface area contributed by atoms with Gasteiger partial charge in [0.2, 0.25) is 0 Å². The summed E-state index contributed by atoms with van der Waals surface area (Å²) in [6.45, 7) is 6.83. The lowest BCUT2D eigenvalue weighted by atomic mass is 9.96. The van der Waals surface area contributed by atoms with Crippen molar-refractivity contribution < 1.29 is 5.11 Å². The Kier molecular flexibility index (Phi) is 4.27. The van der Waals surface area contributed by atoms with Crippen LogP contribution < -0.4 is 0 Å². The summed E-state index contributed by atoms with van der Waals surface area (Å²) < 4.78 is 1.79. The molecule has 1 atom stereocenters. The molecule has 0 spiro atoms. The Morgan fingerprint density at radius 2 is 1.95 bits per heavy atom. The van der Waals surface area contributed by atoms with E-state index in [-0.39, 0.29) is 0 Å². The van der Waals surface area contributed by atoms with Crippen LogP contribution >= 0.6 is 11.6 Å². The second-order valence-corrected chi connectivity index (χ2v) is 5.22. The van der Waals surface area contributed by atoms with Gasteiger partial charge in [0.1, 0.15) is 6.10 Å².